The summed E-state index contributed by atoms with van der Waals surface area (Å²) in [5, 5.41) is 12.2. The van der Waals surface area contributed by atoms with Crippen LogP contribution in [0.5, 0.6) is 5.75 Å². The molecule has 1 aliphatic rings. The zero-order valence-corrected chi connectivity index (χ0v) is 18.0. The molecule has 0 aliphatic carbocycles. The second-order valence-corrected chi connectivity index (χ2v) is 7.88. The van der Waals surface area contributed by atoms with Crippen LogP contribution in [-0.2, 0) is 4.79 Å². The van der Waals surface area contributed by atoms with Gasteiger partial charge in [0.1, 0.15) is 5.75 Å². The molecule has 160 valence electrons. The van der Waals surface area contributed by atoms with E-state index in [1.54, 1.807) is 24.3 Å². The van der Waals surface area contributed by atoms with E-state index in [0.29, 0.717) is 16.5 Å². The molecule has 1 amide bonds. The van der Waals surface area contributed by atoms with Gasteiger partial charge in [0.15, 0.2) is 12.4 Å². The smallest absolute Gasteiger partial charge is 0.262 e. The van der Waals surface area contributed by atoms with Gasteiger partial charge >= 0.3 is 0 Å². The number of nitrogens with zero attached hydrogens (tertiary/aromatic N) is 4. The number of likely N-dealkylation sites (N-methyl/N-ethyl adjacent to an activating group) is 1. The molecule has 2 heterocycles. The minimum atomic E-state index is -0.246. The van der Waals surface area contributed by atoms with E-state index in [0.717, 1.165) is 43.3 Å². The van der Waals surface area contributed by atoms with Gasteiger partial charge in [-0.1, -0.05) is 29.8 Å². The van der Waals surface area contributed by atoms with Crippen LogP contribution in [0.2, 0.25) is 5.02 Å². The molecule has 0 saturated carbocycles. The fourth-order valence-electron chi connectivity index (χ4n) is 3.31. The quantitative estimate of drug-likeness (QED) is 0.635. The number of benzene rings is 2. The Kier molecular flexibility index (Phi) is 6.64. The van der Waals surface area contributed by atoms with Gasteiger partial charge in [0, 0.05) is 42.5 Å². The molecule has 1 aliphatic heterocycles. The van der Waals surface area contributed by atoms with E-state index in [-0.39, 0.29) is 12.5 Å². The molecule has 0 bridgehead atoms. The van der Waals surface area contributed by atoms with Crippen molar-refractivity contribution in [1.82, 2.24) is 15.1 Å². The number of nitrogens with one attached hydrogen (secondary N) is 1. The SMILES string of the molecule is CN1CCN(c2ccc(-c3ccc(NC(=O)COc4cccc(Cl)c4)cc3)nn2)CC1. The molecule has 4 rings (SSSR count). The van der Waals surface area contributed by atoms with Crippen molar-refractivity contribution in [2.45, 2.75) is 0 Å². The van der Waals surface area contributed by atoms with E-state index in [9.17, 15) is 4.79 Å². The van der Waals surface area contributed by atoms with Crippen molar-refractivity contribution in [3.8, 4) is 17.0 Å². The molecule has 1 fully saturated rings. The number of amides is 1. The van der Waals surface area contributed by atoms with Gasteiger partial charge in [-0.15, -0.1) is 10.2 Å². The number of carbonyl (C=O) groups excluding carboxylic acids is 1. The number of rotatable bonds is 6. The Hall–Kier alpha value is -3.16. The highest BCUT2D eigenvalue weighted by Gasteiger charge is 2.15. The van der Waals surface area contributed by atoms with Gasteiger partial charge < -0.3 is 19.9 Å². The Balaban J connectivity index is 1.32. The zero-order valence-electron chi connectivity index (χ0n) is 17.3. The third-order valence-corrected chi connectivity index (χ3v) is 5.34. The summed E-state index contributed by atoms with van der Waals surface area (Å²) in [5.74, 6) is 1.21. The zero-order chi connectivity index (χ0) is 21.6. The summed E-state index contributed by atoms with van der Waals surface area (Å²) >= 11 is 5.91. The molecule has 0 radical (unpaired) electrons. The summed E-state index contributed by atoms with van der Waals surface area (Å²) in [6.45, 7) is 3.88. The first-order valence-corrected chi connectivity index (χ1v) is 10.5. The van der Waals surface area contributed by atoms with Crippen LogP contribution in [0.15, 0.2) is 60.7 Å². The minimum Gasteiger partial charge on any atom is -0.484 e. The maximum atomic E-state index is 12.1. The lowest BCUT2D eigenvalue weighted by Gasteiger charge is -2.32. The largest absolute Gasteiger partial charge is 0.484 e. The van der Waals surface area contributed by atoms with E-state index in [1.807, 2.05) is 36.4 Å². The highest BCUT2D eigenvalue weighted by molar-refractivity contribution is 6.30. The highest BCUT2D eigenvalue weighted by Crippen LogP contribution is 2.21. The van der Waals surface area contributed by atoms with E-state index in [2.05, 4.69) is 32.4 Å². The minimum absolute atomic E-state index is 0.0959. The first-order valence-electron chi connectivity index (χ1n) is 10.1. The maximum absolute atomic E-state index is 12.1. The predicted octanol–water partition coefficient (Wildman–Crippen LogP) is 3.57. The molecule has 0 unspecified atom stereocenters. The normalized spacial score (nSPS) is 14.3. The Morgan fingerprint density at radius 1 is 1.03 bits per heavy atom. The molecule has 1 N–H and O–H groups in total. The van der Waals surface area contributed by atoms with E-state index in [1.165, 1.54) is 0 Å². The fourth-order valence-corrected chi connectivity index (χ4v) is 3.49. The van der Waals surface area contributed by atoms with Gasteiger partial charge in [0.25, 0.3) is 5.91 Å². The number of piperazine rings is 1. The molecule has 1 aromatic heterocycles. The van der Waals surface area contributed by atoms with E-state index < -0.39 is 0 Å². The Morgan fingerprint density at radius 2 is 1.81 bits per heavy atom. The number of aromatic nitrogens is 2. The van der Waals surface area contributed by atoms with Crippen LogP contribution in [0.4, 0.5) is 11.5 Å². The van der Waals surface area contributed by atoms with Gasteiger partial charge in [-0.25, -0.2) is 0 Å². The van der Waals surface area contributed by atoms with Gasteiger partial charge in [0.05, 0.1) is 5.69 Å². The van der Waals surface area contributed by atoms with Crippen LogP contribution in [0, 0.1) is 0 Å². The molecule has 3 aromatic rings. The number of halogens is 1. The van der Waals surface area contributed by atoms with Crippen LogP contribution in [0.1, 0.15) is 0 Å². The summed E-state index contributed by atoms with van der Waals surface area (Å²) in [6.07, 6.45) is 0. The van der Waals surface area contributed by atoms with Crippen LogP contribution < -0.4 is 15.0 Å². The first-order chi connectivity index (χ1) is 15.1. The Labute approximate surface area is 186 Å². The third-order valence-electron chi connectivity index (χ3n) is 5.11. The topological polar surface area (TPSA) is 70.6 Å². The fraction of sp³-hybridized carbons (Fsp3) is 0.261. The lowest BCUT2D eigenvalue weighted by Crippen LogP contribution is -2.44. The second kappa shape index (κ2) is 9.76. The molecule has 1 saturated heterocycles. The van der Waals surface area contributed by atoms with Crippen molar-refractivity contribution >= 4 is 29.0 Å². The Bertz CT molecular complexity index is 1020. The molecular formula is C23H24ClN5O2. The molecule has 2 aromatic carbocycles. The molecule has 0 spiro atoms. The number of anilines is 2. The summed E-state index contributed by atoms with van der Waals surface area (Å²) in [7, 11) is 2.13. The number of carbonyl (C=O) groups is 1. The van der Waals surface area contributed by atoms with Crippen molar-refractivity contribution in [3.63, 3.8) is 0 Å². The summed E-state index contributed by atoms with van der Waals surface area (Å²) in [6, 6.07) is 18.4. The average molecular weight is 438 g/mol. The van der Waals surface area contributed by atoms with E-state index >= 15 is 0 Å². The number of hydrogen-bond acceptors (Lipinski definition) is 6. The van der Waals surface area contributed by atoms with Gasteiger partial charge in [-0.3, -0.25) is 4.79 Å². The number of hydrogen-bond donors (Lipinski definition) is 1. The molecular weight excluding hydrogens is 414 g/mol. The van der Waals surface area contributed by atoms with Crippen molar-refractivity contribution in [2.75, 3.05) is 50.1 Å². The second-order valence-electron chi connectivity index (χ2n) is 7.44. The van der Waals surface area contributed by atoms with Gasteiger partial charge in [-0.2, -0.15) is 0 Å². The van der Waals surface area contributed by atoms with Crippen LogP contribution in [-0.4, -0.2) is 60.8 Å². The third kappa shape index (κ3) is 5.71. The van der Waals surface area contributed by atoms with Crippen molar-refractivity contribution in [2.24, 2.45) is 0 Å². The first kappa shape index (κ1) is 21.1. The molecule has 8 heteroatoms. The van der Waals surface area contributed by atoms with Crippen molar-refractivity contribution < 1.29 is 9.53 Å². The molecule has 0 atom stereocenters. The Morgan fingerprint density at radius 3 is 2.48 bits per heavy atom. The summed E-state index contributed by atoms with van der Waals surface area (Å²) < 4.78 is 5.46. The van der Waals surface area contributed by atoms with Crippen LogP contribution >= 0.6 is 11.6 Å². The lowest BCUT2D eigenvalue weighted by atomic mass is 10.1. The van der Waals surface area contributed by atoms with Gasteiger partial charge in [0.2, 0.25) is 0 Å². The van der Waals surface area contributed by atoms with Crippen molar-refractivity contribution in [1.29, 1.82) is 0 Å². The van der Waals surface area contributed by atoms with Crippen molar-refractivity contribution in [3.05, 3.63) is 65.7 Å². The molecule has 7 nitrogen and oxygen atoms in total. The predicted molar refractivity (Wildman–Crippen MR) is 123 cm³/mol. The standard InChI is InChI=1S/C23H24ClN5O2/c1-28-11-13-29(14-12-28)22-10-9-21(26-27-22)17-5-7-19(8-6-17)25-23(30)16-31-20-4-2-3-18(24)15-20/h2-10,15H,11-14,16H2,1H3,(H,25,30). The van der Waals surface area contributed by atoms with E-state index in [4.69, 9.17) is 16.3 Å². The van der Waals surface area contributed by atoms with Gasteiger partial charge in [-0.05, 0) is 49.5 Å². The average Bonchev–Trinajstić information content (AvgIpc) is 2.79. The highest BCUT2D eigenvalue weighted by atomic mass is 35.5. The van der Waals surface area contributed by atoms with Crippen LogP contribution in [0.25, 0.3) is 11.3 Å². The summed E-state index contributed by atoms with van der Waals surface area (Å²) in [4.78, 5) is 16.7. The lowest BCUT2D eigenvalue weighted by molar-refractivity contribution is -0.118. The maximum Gasteiger partial charge on any atom is 0.262 e. The number of ether oxygens (including phenoxy) is 1. The van der Waals surface area contributed by atoms with Crippen LogP contribution in [0.3, 0.4) is 0 Å². The summed E-state index contributed by atoms with van der Waals surface area (Å²) in [5.41, 5.74) is 2.41. The monoisotopic (exact) mass is 437 g/mol. The molecule has 31 heavy (non-hydrogen) atoms.